The second-order valence-corrected chi connectivity index (χ2v) is 7.57. The Labute approximate surface area is 177 Å². The molecule has 0 saturated carbocycles. The van der Waals surface area contributed by atoms with Crippen LogP contribution in [0.25, 0.3) is 5.76 Å². The van der Waals surface area contributed by atoms with E-state index in [4.69, 9.17) is 0 Å². The van der Waals surface area contributed by atoms with Crippen LogP contribution in [0.15, 0.2) is 48.2 Å². The Morgan fingerprint density at radius 1 is 1.10 bits per heavy atom. The fourth-order valence-electron chi connectivity index (χ4n) is 3.79. The number of nitrogens with zero attached hydrogens (tertiary/aromatic N) is 3. The van der Waals surface area contributed by atoms with Crippen LogP contribution in [0.3, 0.4) is 0 Å². The van der Waals surface area contributed by atoms with Gasteiger partial charge in [-0.25, -0.2) is 0 Å². The molecule has 0 radical (unpaired) electrons. The van der Waals surface area contributed by atoms with Crippen LogP contribution in [0.2, 0.25) is 0 Å². The van der Waals surface area contributed by atoms with Gasteiger partial charge in [-0.15, -0.1) is 0 Å². The van der Waals surface area contributed by atoms with E-state index in [1.165, 1.54) is 4.90 Å². The van der Waals surface area contributed by atoms with E-state index < -0.39 is 17.7 Å². The lowest BCUT2D eigenvalue weighted by Gasteiger charge is -2.27. The molecule has 1 fully saturated rings. The molecule has 2 heterocycles. The van der Waals surface area contributed by atoms with Gasteiger partial charge < -0.3 is 14.9 Å². The van der Waals surface area contributed by atoms with Crippen molar-refractivity contribution in [3.63, 3.8) is 0 Å². The molecule has 1 amide bonds. The van der Waals surface area contributed by atoms with E-state index in [9.17, 15) is 14.7 Å². The maximum atomic E-state index is 13.0. The molecule has 6 nitrogen and oxygen atoms in total. The van der Waals surface area contributed by atoms with Crippen LogP contribution in [0.5, 0.6) is 0 Å². The number of rotatable bonds is 7. The molecule has 1 N–H and O–H groups in total. The summed E-state index contributed by atoms with van der Waals surface area (Å²) in [6, 6.07) is 10.2. The normalized spacial score (nSPS) is 18.4. The first-order chi connectivity index (χ1) is 14.4. The van der Waals surface area contributed by atoms with Crippen LogP contribution < -0.4 is 0 Å². The second kappa shape index (κ2) is 9.22. The lowest BCUT2D eigenvalue weighted by atomic mass is 9.96. The van der Waals surface area contributed by atoms with Crippen molar-refractivity contribution in [2.45, 2.75) is 33.7 Å². The first kappa shape index (κ1) is 21.7. The Morgan fingerprint density at radius 3 is 2.43 bits per heavy atom. The van der Waals surface area contributed by atoms with Crippen LogP contribution >= 0.6 is 0 Å². The van der Waals surface area contributed by atoms with Crippen molar-refractivity contribution in [2.75, 3.05) is 26.2 Å². The number of aliphatic hydroxyl groups excluding tert-OH is 1. The Morgan fingerprint density at radius 2 is 1.83 bits per heavy atom. The highest BCUT2D eigenvalue weighted by Gasteiger charge is 2.46. The molecule has 0 bridgehead atoms. The molecule has 1 aliphatic rings. The lowest BCUT2D eigenvalue weighted by Crippen LogP contribution is -2.38. The topological polar surface area (TPSA) is 73.7 Å². The second-order valence-electron chi connectivity index (χ2n) is 7.57. The molecule has 1 atom stereocenters. The number of hydrogen-bond donors (Lipinski definition) is 1. The van der Waals surface area contributed by atoms with E-state index in [0.717, 1.165) is 24.2 Å². The van der Waals surface area contributed by atoms with E-state index in [1.54, 1.807) is 24.4 Å². The van der Waals surface area contributed by atoms with Crippen LogP contribution in [0.4, 0.5) is 0 Å². The molecule has 2 aromatic rings. The molecule has 1 saturated heterocycles. The van der Waals surface area contributed by atoms with Crippen molar-refractivity contribution in [3.05, 3.63) is 70.6 Å². The number of aliphatic hydroxyl groups is 1. The van der Waals surface area contributed by atoms with E-state index in [0.29, 0.717) is 24.3 Å². The third kappa shape index (κ3) is 4.14. The molecular weight excluding hydrogens is 378 g/mol. The number of carbonyl (C=O) groups is 2. The molecule has 1 aromatic heterocycles. The summed E-state index contributed by atoms with van der Waals surface area (Å²) in [6.45, 7) is 10.8. The Kier molecular flexibility index (Phi) is 6.67. The van der Waals surface area contributed by atoms with Crippen molar-refractivity contribution in [2.24, 2.45) is 0 Å². The van der Waals surface area contributed by atoms with Crippen molar-refractivity contribution < 1.29 is 14.7 Å². The molecule has 3 rings (SSSR count). The number of pyridine rings is 1. The highest BCUT2D eigenvalue weighted by Crippen LogP contribution is 2.38. The van der Waals surface area contributed by atoms with Gasteiger partial charge in [-0.2, -0.15) is 0 Å². The van der Waals surface area contributed by atoms with Gasteiger partial charge in [0.1, 0.15) is 11.8 Å². The largest absolute Gasteiger partial charge is 0.507 e. The lowest BCUT2D eigenvalue weighted by molar-refractivity contribution is -0.140. The maximum absolute atomic E-state index is 13.0. The maximum Gasteiger partial charge on any atom is 0.295 e. The number of benzene rings is 1. The number of likely N-dealkylation sites (tertiary alicyclic amines) is 1. The van der Waals surface area contributed by atoms with Crippen LogP contribution in [-0.4, -0.2) is 57.8 Å². The minimum atomic E-state index is -0.705. The molecule has 30 heavy (non-hydrogen) atoms. The first-order valence-electron chi connectivity index (χ1n) is 10.4. The van der Waals surface area contributed by atoms with Gasteiger partial charge in [-0.3, -0.25) is 14.6 Å². The van der Waals surface area contributed by atoms with Gasteiger partial charge in [0, 0.05) is 24.8 Å². The van der Waals surface area contributed by atoms with Crippen molar-refractivity contribution >= 4 is 17.4 Å². The third-order valence-corrected chi connectivity index (χ3v) is 5.84. The fourth-order valence-corrected chi connectivity index (χ4v) is 3.79. The van der Waals surface area contributed by atoms with E-state index in [-0.39, 0.29) is 11.3 Å². The molecule has 0 aliphatic carbocycles. The highest BCUT2D eigenvalue weighted by molar-refractivity contribution is 6.46. The van der Waals surface area contributed by atoms with Gasteiger partial charge in [-0.05, 0) is 56.3 Å². The quantitative estimate of drug-likeness (QED) is 0.432. The smallest absolute Gasteiger partial charge is 0.295 e. The molecule has 6 heteroatoms. The van der Waals surface area contributed by atoms with Crippen LogP contribution in [-0.2, 0) is 9.59 Å². The summed E-state index contributed by atoms with van der Waals surface area (Å²) < 4.78 is 0. The average Bonchev–Trinajstić information content (AvgIpc) is 3.01. The van der Waals surface area contributed by atoms with E-state index >= 15 is 0 Å². The Balaban J connectivity index is 2.09. The van der Waals surface area contributed by atoms with Crippen molar-refractivity contribution in [3.8, 4) is 0 Å². The average molecular weight is 408 g/mol. The summed E-state index contributed by atoms with van der Waals surface area (Å²) in [5.74, 6) is -1.42. The molecule has 1 aliphatic heterocycles. The molecule has 1 aromatic carbocycles. The SMILES string of the molecule is CCN(CC)CCN1C(=O)C(=O)/C(=C(\O)c2ccc(C)c(C)c2)C1c1ccccn1. The Hall–Kier alpha value is -2.99. The van der Waals surface area contributed by atoms with Gasteiger partial charge >= 0.3 is 0 Å². The summed E-state index contributed by atoms with van der Waals surface area (Å²) in [7, 11) is 0. The fraction of sp³-hybridized carbons (Fsp3) is 0.375. The van der Waals surface area contributed by atoms with Crippen molar-refractivity contribution in [1.29, 1.82) is 0 Å². The number of carbonyl (C=O) groups excluding carboxylic acids is 2. The van der Waals surface area contributed by atoms with E-state index in [2.05, 4.69) is 23.7 Å². The van der Waals surface area contributed by atoms with E-state index in [1.807, 2.05) is 32.0 Å². The van der Waals surface area contributed by atoms with Gasteiger partial charge in [0.25, 0.3) is 11.7 Å². The third-order valence-electron chi connectivity index (χ3n) is 5.84. The molecule has 0 spiro atoms. The van der Waals surface area contributed by atoms with Gasteiger partial charge in [0.05, 0.1) is 11.3 Å². The highest BCUT2D eigenvalue weighted by atomic mass is 16.3. The Bertz CT molecular complexity index is 965. The number of aromatic nitrogens is 1. The van der Waals surface area contributed by atoms with Crippen molar-refractivity contribution in [1.82, 2.24) is 14.8 Å². The number of hydrogen-bond acceptors (Lipinski definition) is 5. The number of amides is 1. The summed E-state index contributed by atoms with van der Waals surface area (Å²) >= 11 is 0. The summed E-state index contributed by atoms with van der Waals surface area (Å²) in [5, 5.41) is 11.1. The monoisotopic (exact) mass is 407 g/mol. The summed E-state index contributed by atoms with van der Waals surface area (Å²) in [6.07, 6.45) is 1.63. The van der Waals surface area contributed by atoms with Crippen LogP contribution in [0.1, 0.15) is 42.3 Å². The predicted molar refractivity (Wildman–Crippen MR) is 117 cm³/mol. The number of Topliss-reactive ketones (excluding diaryl/α,β-unsaturated/α-hetero) is 1. The zero-order valence-corrected chi connectivity index (χ0v) is 18.1. The number of likely N-dealkylation sites (N-methyl/N-ethyl adjacent to an activating group) is 1. The zero-order chi connectivity index (χ0) is 21.8. The zero-order valence-electron chi connectivity index (χ0n) is 18.1. The minimum absolute atomic E-state index is 0.0986. The van der Waals surface area contributed by atoms with Gasteiger partial charge in [-0.1, -0.05) is 32.0 Å². The first-order valence-corrected chi connectivity index (χ1v) is 10.4. The predicted octanol–water partition coefficient (Wildman–Crippen LogP) is 3.46. The number of ketones is 1. The van der Waals surface area contributed by atoms with Crippen LogP contribution in [0, 0.1) is 13.8 Å². The summed E-state index contributed by atoms with van der Waals surface area (Å²) in [5.41, 5.74) is 3.29. The summed E-state index contributed by atoms with van der Waals surface area (Å²) in [4.78, 5) is 34.1. The number of aryl methyl sites for hydroxylation is 2. The molecular formula is C24H29N3O3. The minimum Gasteiger partial charge on any atom is -0.507 e. The molecule has 1 unspecified atom stereocenters. The molecule has 158 valence electrons. The standard InChI is InChI=1S/C24H29N3O3/c1-5-26(6-2)13-14-27-21(19-9-7-8-12-25-19)20(23(29)24(27)30)22(28)18-11-10-16(3)17(4)15-18/h7-12,15,21,28H,5-6,13-14H2,1-4H3/b22-20-. The van der Waals surface area contributed by atoms with Gasteiger partial charge in [0.15, 0.2) is 0 Å². The van der Waals surface area contributed by atoms with Gasteiger partial charge in [0.2, 0.25) is 0 Å².